The summed E-state index contributed by atoms with van der Waals surface area (Å²) in [7, 11) is 0. The quantitative estimate of drug-likeness (QED) is 0.736. The van der Waals surface area contributed by atoms with E-state index in [0.29, 0.717) is 5.92 Å². The predicted octanol–water partition coefficient (Wildman–Crippen LogP) is 3.61. The summed E-state index contributed by atoms with van der Waals surface area (Å²) in [6, 6.07) is 7.97. The maximum atomic E-state index is 4.65. The molecule has 0 fully saturated rings. The van der Waals surface area contributed by atoms with Gasteiger partial charge in [0, 0.05) is 0 Å². The smallest absolute Gasteiger partial charge is 0.0894 e. The van der Waals surface area contributed by atoms with Crippen LogP contribution in [0.15, 0.2) is 48.7 Å². The SMILES string of the molecule is CC1C=C(c2cnc3ccccc3n2)C=CC1. The molecule has 1 aromatic heterocycles. The van der Waals surface area contributed by atoms with Crippen LogP contribution in [-0.2, 0) is 0 Å². The summed E-state index contributed by atoms with van der Waals surface area (Å²) in [6.07, 6.45) is 9.58. The van der Waals surface area contributed by atoms with Crippen molar-refractivity contribution in [2.75, 3.05) is 0 Å². The van der Waals surface area contributed by atoms with Gasteiger partial charge in [-0.3, -0.25) is 4.98 Å². The highest BCUT2D eigenvalue weighted by Crippen LogP contribution is 2.23. The second-order valence-corrected chi connectivity index (χ2v) is 4.48. The monoisotopic (exact) mass is 222 g/mol. The first-order valence-corrected chi connectivity index (χ1v) is 5.93. The molecule has 1 unspecified atom stereocenters. The lowest BCUT2D eigenvalue weighted by molar-refractivity contribution is 0.739. The van der Waals surface area contributed by atoms with Crippen LogP contribution >= 0.6 is 0 Å². The Hall–Kier alpha value is -1.96. The Morgan fingerprint density at radius 1 is 1.18 bits per heavy atom. The summed E-state index contributed by atoms with van der Waals surface area (Å²) in [4.78, 5) is 9.10. The summed E-state index contributed by atoms with van der Waals surface area (Å²) < 4.78 is 0. The zero-order valence-corrected chi connectivity index (χ0v) is 9.80. The Morgan fingerprint density at radius 2 is 2.00 bits per heavy atom. The van der Waals surface area contributed by atoms with Crippen molar-refractivity contribution in [3.63, 3.8) is 0 Å². The van der Waals surface area contributed by atoms with Crippen LogP contribution in [0.3, 0.4) is 0 Å². The number of rotatable bonds is 1. The lowest BCUT2D eigenvalue weighted by Gasteiger charge is -2.11. The zero-order valence-electron chi connectivity index (χ0n) is 9.80. The van der Waals surface area contributed by atoms with Crippen LogP contribution in [-0.4, -0.2) is 9.97 Å². The van der Waals surface area contributed by atoms with Crippen LogP contribution in [0.25, 0.3) is 16.6 Å². The van der Waals surface area contributed by atoms with Crippen molar-refractivity contribution < 1.29 is 0 Å². The van der Waals surface area contributed by atoms with Crippen LogP contribution < -0.4 is 0 Å². The van der Waals surface area contributed by atoms with Crippen LogP contribution in [0.2, 0.25) is 0 Å². The van der Waals surface area contributed by atoms with E-state index in [9.17, 15) is 0 Å². The van der Waals surface area contributed by atoms with E-state index in [2.05, 4.69) is 35.1 Å². The molecule has 2 heteroatoms. The van der Waals surface area contributed by atoms with Crippen molar-refractivity contribution in [3.05, 3.63) is 54.4 Å². The standard InChI is InChI=1S/C15H14N2/c1-11-5-4-6-12(9-11)15-10-16-13-7-2-3-8-14(13)17-15/h2-4,6-11H,5H2,1H3. The molecule has 1 heterocycles. The van der Waals surface area contributed by atoms with E-state index in [1.807, 2.05) is 30.5 Å². The Balaban J connectivity index is 2.09. The van der Waals surface area contributed by atoms with E-state index in [4.69, 9.17) is 0 Å². The molecule has 1 aliphatic rings. The van der Waals surface area contributed by atoms with Crippen molar-refractivity contribution in [3.8, 4) is 0 Å². The second kappa shape index (κ2) is 4.13. The minimum absolute atomic E-state index is 0.586. The van der Waals surface area contributed by atoms with Gasteiger partial charge in [0.25, 0.3) is 0 Å². The van der Waals surface area contributed by atoms with Gasteiger partial charge in [-0.1, -0.05) is 37.3 Å². The van der Waals surface area contributed by atoms with Gasteiger partial charge in [0.1, 0.15) is 0 Å². The molecular weight excluding hydrogens is 208 g/mol. The summed E-state index contributed by atoms with van der Waals surface area (Å²) in [6.45, 7) is 2.22. The van der Waals surface area contributed by atoms with Crippen LogP contribution in [0.5, 0.6) is 0 Å². The van der Waals surface area contributed by atoms with Crippen molar-refractivity contribution in [1.29, 1.82) is 0 Å². The first-order chi connectivity index (χ1) is 8.33. The molecule has 1 aromatic carbocycles. The number of hydrogen-bond donors (Lipinski definition) is 0. The molecule has 1 atom stereocenters. The fraction of sp³-hybridized carbons (Fsp3) is 0.200. The van der Waals surface area contributed by atoms with Gasteiger partial charge < -0.3 is 0 Å². The molecule has 17 heavy (non-hydrogen) atoms. The first kappa shape index (κ1) is 10.2. The highest BCUT2D eigenvalue weighted by atomic mass is 14.8. The zero-order chi connectivity index (χ0) is 11.7. The molecule has 0 aliphatic heterocycles. The van der Waals surface area contributed by atoms with E-state index in [-0.39, 0.29) is 0 Å². The van der Waals surface area contributed by atoms with E-state index < -0.39 is 0 Å². The number of benzene rings is 1. The molecule has 1 aliphatic carbocycles. The topological polar surface area (TPSA) is 25.8 Å². The highest BCUT2D eigenvalue weighted by molar-refractivity contribution is 5.79. The number of fused-ring (bicyclic) bond motifs is 1. The highest BCUT2D eigenvalue weighted by Gasteiger charge is 2.08. The number of aromatic nitrogens is 2. The van der Waals surface area contributed by atoms with Gasteiger partial charge in [-0.15, -0.1) is 0 Å². The summed E-state index contributed by atoms with van der Waals surface area (Å²) in [5.41, 5.74) is 4.05. The average Bonchev–Trinajstić information content (AvgIpc) is 2.38. The molecule has 3 rings (SSSR count). The molecule has 0 bridgehead atoms. The third kappa shape index (κ3) is 1.98. The van der Waals surface area contributed by atoms with E-state index in [1.165, 1.54) is 5.57 Å². The van der Waals surface area contributed by atoms with Crippen molar-refractivity contribution in [2.45, 2.75) is 13.3 Å². The Kier molecular flexibility index (Phi) is 2.48. The maximum Gasteiger partial charge on any atom is 0.0894 e. The molecule has 0 spiro atoms. The predicted molar refractivity (Wildman–Crippen MR) is 70.4 cm³/mol. The van der Waals surface area contributed by atoms with E-state index in [1.54, 1.807) is 0 Å². The van der Waals surface area contributed by atoms with E-state index in [0.717, 1.165) is 23.1 Å². The van der Waals surface area contributed by atoms with Gasteiger partial charge >= 0.3 is 0 Å². The van der Waals surface area contributed by atoms with Gasteiger partial charge in [-0.25, -0.2) is 4.98 Å². The normalized spacial score (nSPS) is 19.4. The average molecular weight is 222 g/mol. The second-order valence-electron chi connectivity index (χ2n) is 4.48. The van der Waals surface area contributed by atoms with Gasteiger partial charge in [0.15, 0.2) is 0 Å². The fourth-order valence-electron chi connectivity index (χ4n) is 2.11. The van der Waals surface area contributed by atoms with Crippen molar-refractivity contribution in [2.24, 2.45) is 5.92 Å². The minimum atomic E-state index is 0.586. The first-order valence-electron chi connectivity index (χ1n) is 5.93. The Morgan fingerprint density at radius 3 is 2.82 bits per heavy atom. The fourth-order valence-corrected chi connectivity index (χ4v) is 2.11. The largest absolute Gasteiger partial charge is 0.252 e. The molecule has 0 radical (unpaired) electrons. The molecular formula is C15H14N2. The van der Waals surface area contributed by atoms with Gasteiger partial charge in [0.05, 0.1) is 22.9 Å². The lowest BCUT2D eigenvalue weighted by atomic mass is 9.96. The van der Waals surface area contributed by atoms with Gasteiger partial charge in [-0.2, -0.15) is 0 Å². The molecule has 0 amide bonds. The number of nitrogens with zero attached hydrogens (tertiary/aromatic N) is 2. The third-order valence-electron chi connectivity index (χ3n) is 3.01. The van der Waals surface area contributed by atoms with Gasteiger partial charge in [-0.05, 0) is 30.0 Å². The summed E-state index contributed by atoms with van der Waals surface area (Å²) in [5, 5.41) is 0. The van der Waals surface area contributed by atoms with Crippen molar-refractivity contribution >= 4 is 16.6 Å². The summed E-state index contributed by atoms with van der Waals surface area (Å²) >= 11 is 0. The summed E-state index contributed by atoms with van der Waals surface area (Å²) in [5.74, 6) is 0.586. The minimum Gasteiger partial charge on any atom is -0.252 e. The molecule has 2 aromatic rings. The molecule has 0 N–H and O–H groups in total. The Bertz CT molecular complexity index is 611. The number of para-hydroxylation sites is 2. The van der Waals surface area contributed by atoms with Crippen LogP contribution in [0, 0.1) is 5.92 Å². The Labute approximate surface area is 101 Å². The molecule has 0 saturated carbocycles. The maximum absolute atomic E-state index is 4.65. The lowest BCUT2D eigenvalue weighted by Crippen LogP contribution is -1.97. The third-order valence-corrected chi connectivity index (χ3v) is 3.01. The molecule has 84 valence electrons. The number of allylic oxidation sites excluding steroid dienone is 4. The van der Waals surface area contributed by atoms with Crippen LogP contribution in [0.1, 0.15) is 19.0 Å². The van der Waals surface area contributed by atoms with E-state index >= 15 is 0 Å². The number of hydrogen-bond acceptors (Lipinski definition) is 2. The van der Waals surface area contributed by atoms with Crippen LogP contribution in [0.4, 0.5) is 0 Å². The van der Waals surface area contributed by atoms with Gasteiger partial charge in [0.2, 0.25) is 0 Å². The molecule has 2 nitrogen and oxygen atoms in total. The molecule has 0 saturated heterocycles. The van der Waals surface area contributed by atoms with Crippen molar-refractivity contribution in [1.82, 2.24) is 9.97 Å².